The molecule has 4 aromatic rings. The van der Waals surface area contributed by atoms with Gasteiger partial charge in [-0.1, -0.05) is 49.9 Å². The Morgan fingerprint density at radius 3 is 1.37 bits per heavy atom. The van der Waals surface area contributed by atoms with Crippen LogP contribution in [-0.4, -0.2) is 10.2 Å². The van der Waals surface area contributed by atoms with Crippen LogP contribution >= 0.6 is 23.2 Å². The molecule has 0 aliphatic carbocycles. The molecule has 0 aromatic heterocycles. The van der Waals surface area contributed by atoms with Crippen molar-refractivity contribution in [3.63, 3.8) is 0 Å². The van der Waals surface area contributed by atoms with Crippen LogP contribution in [0.2, 0.25) is 10.0 Å². The summed E-state index contributed by atoms with van der Waals surface area (Å²) in [5.74, 6) is 0.320. The van der Waals surface area contributed by atoms with E-state index in [0.717, 1.165) is 58.4 Å². The third kappa shape index (κ3) is 3.59. The van der Waals surface area contributed by atoms with Crippen LogP contribution in [0.25, 0.3) is 32.7 Å². The Kier molecular flexibility index (Phi) is 5.81. The fourth-order valence-electron chi connectivity index (χ4n) is 4.27. The molecule has 0 spiro atoms. The zero-order chi connectivity index (χ0) is 21.4. The topological polar surface area (TPSA) is 40.5 Å². The zero-order valence-corrected chi connectivity index (χ0v) is 18.6. The highest BCUT2D eigenvalue weighted by Crippen LogP contribution is 2.46. The molecule has 0 atom stereocenters. The molecule has 0 fully saturated rings. The van der Waals surface area contributed by atoms with Crippen molar-refractivity contribution in [2.75, 3.05) is 0 Å². The van der Waals surface area contributed by atoms with Gasteiger partial charge in [0, 0.05) is 31.9 Å². The lowest BCUT2D eigenvalue weighted by Gasteiger charge is -2.17. The largest absolute Gasteiger partial charge is 0.507 e. The van der Waals surface area contributed by atoms with Crippen LogP contribution in [-0.2, 0) is 12.8 Å². The van der Waals surface area contributed by atoms with E-state index in [9.17, 15) is 10.2 Å². The molecule has 0 aliphatic rings. The number of halogens is 2. The fourth-order valence-corrected chi connectivity index (χ4v) is 4.62. The normalized spacial score (nSPS) is 11.5. The van der Waals surface area contributed by atoms with Crippen LogP contribution in [0.15, 0.2) is 48.5 Å². The molecule has 4 aromatic carbocycles. The summed E-state index contributed by atoms with van der Waals surface area (Å²) in [5, 5.41) is 27.0. The van der Waals surface area contributed by atoms with Gasteiger partial charge in [0.15, 0.2) is 0 Å². The number of aryl methyl sites for hydroxylation is 2. The number of aromatic hydroxyl groups is 2. The van der Waals surface area contributed by atoms with Gasteiger partial charge in [-0.25, -0.2) is 0 Å². The summed E-state index contributed by atoms with van der Waals surface area (Å²) < 4.78 is 0. The first kappa shape index (κ1) is 20.8. The molecule has 0 saturated heterocycles. The third-order valence-electron chi connectivity index (χ3n) is 5.64. The number of fused-ring (bicyclic) bond motifs is 2. The molecule has 2 N–H and O–H groups in total. The predicted octanol–water partition coefficient (Wildman–Crippen LogP) is 8.28. The molecule has 0 radical (unpaired) electrons. The lowest BCUT2D eigenvalue weighted by molar-refractivity contribution is 0.475. The van der Waals surface area contributed by atoms with Crippen LogP contribution in [0.1, 0.15) is 37.8 Å². The smallest absolute Gasteiger partial charge is 0.131 e. The molecule has 0 unspecified atom stereocenters. The van der Waals surface area contributed by atoms with Crippen LogP contribution in [0.4, 0.5) is 0 Å². The molecular weight excluding hydrogens is 415 g/mol. The van der Waals surface area contributed by atoms with Crippen molar-refractivity contribution in [1.29, 1.82) is 0 Å². The standard InChI is InChI=1S/C26H24Cl2O2/c1-3-5-15-11-23(25(29)19-9-7-17(27)13-21(15)19)24-12-16(6-4-2)22-14-18(28)8-10-20(22)26(24)30/h7-14,29-30H,3-6H2,1-2H3. The van der Waals surface area contributed by atoms with Gasteiger partial charge in [0.05, 0.1) is 0 Å². The van der Waals surface area contributed by atoms with E-state index in [1.165, 1.54) is 0 Å². The Morgan fingerprint density at radius 1 is 0.600 bits per heavy atom. The van der Waals surface area contributed by atoms with Crippen molar-refractivity contribution in [3.05, 3.63) is 69.7 Å². The maximum atomic E-state index is 11.2. The summed E-state index contributed by atoms with van der Waals surface area (Å²) in [5.41, 5.74) is 3.49. The Morgan fingerprint density at radius 2 is 1.00 bits per heavy atom. The Balaban J connectivity index is 2.07. The molecule has 4 heteroatoms. The maximum absolute atomic E-state index is 11.2. The van der Waals surface area contributed by atoms with Crippen molar-refractivity contribution in [2.24, 2.45) is 0 Å². The number of hydrogen-bond donors (Lipinski definition) is 2. The first-order valence-corrected chi connectivity index (χ1v) is 11.1. The Labute approximate surface area is 186 Å². The number of hydrogen-bond acceptors (Lipinski definition) is 2. The van der Waals surface area contributed by atoms with Crippen molar-refractivity contribution in [2.45, 2.75) is 39.5 Å². The monoisotopic (exact) mass is 438 g/mol. The molecule has 0 aliphatic heterocycles. The van der Waals surface area contributed by atoms with E-state index in [1.54, 1.807) is 12.1 Å². The predicted molar refractivity (Wildman–Crippen MR) is 128 cm³/mol. The fraction of sp³-hybridized carbons (Fsp3) is 0.231. The molecule has 0 heterocycles. The van der Waals surface area contributed by atoms with E-state index < -0.39 is 0 Å². The second kappa shape index (κ2) is 8.37. The van der Waals surface area contributed by atoms with Crippen LogP contribution in [0.3, 0.4) is 0 Å². The van der Waals surface area contributed by atoms with Gasteiger partial charge in [-0.3, -0.25) is 0 Å². The van der Waals surface area contributed by atoms with Crippen molar-refractivity contribution in [1.82, 2.24) is 0 Å². The van der Waals surface area contributed by atoms with Crippen molar-refractivity contribution in [3.8, 4) is 22.6 Å². The molecule has 2 nitrogen and oxygen atoms in total. The van der Waals surface area contributed by atoms with Gasteiger partial charge in [0.1, 0.15) is 11.5 Å². The van der Waals surface area contributed by atoms with E-state index in [4.69, 9.17) is 23.2 Å². The van der Waals surface area contributed by atoms with Crippen molar-refractivity contribution >= 4 is 44.7 Å². The lowest BCUT2D eigenvalue weighted by atomic mass is 9.89. The van der Waals surface area contributed by atoms with E-state index >= 15 is 0 Å². The van der Waals surface area contributed by atoms with Gasteiger partial charge in [0.25, 0.3) is 0 Å². The van der Waals surface area contributed by atoms with Gasteiger partial charge < -0.3 is 10.2 Å². The Bertz CT molecular complexity index is 1160. The molecular formula is C26H24Cl2O2. The number of benzene rings is 4. The average Bonchev–Trinajstić information content (AvgIpc) is 2.72. The summed E-state index contributed by atoms with van der Waals surface area (Å²) in [6.45, 7) is 4.25. The molecule has 0 saturated carbocycles. The second-order valence-electron chi connectivity index (χ2n) is 7.74. The van der Waals surface area contributed by atoms with Gasteiger partial charge >= 0.3 is 0 Å². The summed E-state index contributed by atoms with van der Waals surface area (Å²) in [6, 6.07) is 15.0. The van der Waals surface area contributed by atoms with E-state index in [1.807, 2.05) is 36.4 Å². The minimum absolute atomic E-state index is 0.160. The summed E-state index contributed by atoms with van der Waals surface area (Å²) >= 11 is 12.5. The first-order chi connectivity index (χ1) is 14.4. The summed E-state index contributed by atoms with van der Waals surface area (Å²) in [7, 11) is 0. The SMILES string of the molecule is CCCc1cc(-c2cc(CCC)c3cc(Cl)ccc3c2O)c(O)c2ccc(Cl)cc12. The third-order valence-corrected chi connectivity index (χ3v) is 6.11. The highest BCUT2D eigenvalue weighted by molar-refractivity contribution is 6.32. The van der Waals surface area contributed by atoms with E-state index in [-0.39, 0.29) is 11.5 Å². The van der Waals surface area contributed by atoms with Crippen LogP contribution in [0.5, 0.6) is 11.5 Å². The average molecular weight is 439 g/mol. The molecule has 4 rings (SSSR count). The summed E-state index contributed by atoms with van der Waals surface area (Å²) in [6.07, 6.45) is 3.65. The molecule has 0 amide bonds. The van der Waals surface area contributed by atoms with E-state index in [0.29, 0.717) is 21.2 Å². The number of phenols is 2. The molecule has 154 valence electrons. The van der Waals surface area contributed by atoms with Crippen LogP contribution < -0.4 is 0 Å². The maximum Gasteiger partial charge on any atom is 0.131 e. The summed E-state index contributed by atoms with van der Waals surface area (Å²) in [4.78, 5) is 0. The quantitative estimate of drug-likeness (QED) is 0.328. The zero-order valence-electron chi connectivity index (χ0n) is 17.1. The minimum Gasteiger partial charge on any atom is -0.507 e. The molecule has 30 heavy (non-hydrogen) atoms. The van der Waals surface area contributed by atoms with Gasteiger partial charge in [0.2, 0.25) is 0 Å². The Hall–Kier alpha value is -2.42. The number of rotatable bonds is 5. The van der Waals surface area contributed by atoms with Crippen molar-refractivity contribution < 1.29 is 10.2 Å². The first-order valence-electron chi connectivity index (χ1n) is 10.3. The highest BCUT2D eigenvalue weighted by atomic mass is 35.5. The second-order valence-corrected chi connectivity index (χ2v) is 8.62. The van der Waals surface area contributed by atoms with Gasteiger partial charge in [-0.05, 0) is 83.3 Å². The number of phenolic OH excluding ortho intramolecular Hbond substituents is 2. The van der Waals surface area contributed by atoms with Gasteiger partial charge in [-0.15, -0.1) is 0 Å². The lowest BCUT2D eigenvalue weighted by Crippen LogP contribution is -1.94. The van der Waals surface area contributed by atoms with E-state index in [2.05, 4.69) is 13.8 Å². The molecule has 0 bridgehead atoms. The van der Waals surface area contributed by atoms with Gasteiger partial charge in [-0.2, -0.15) is 0 Å². The van der Waals surface area contributed by atoms with Crippen LogP contribution in [0, 0.1) is 0 Å². The minimum atomic E-state index is 0.160. The highest BCUT2D eigenvalue weighted by Gasteiger charge is 2.19.